The summed E-state index contributed by atoms with van der Waals surface area (Å²) in [5.41, 5.74) is 4.78. The second kappa shape index (κ2) is 8.69. The number of nitrogens with one attached hydrogen (secondary N) is 2. The Bertz CT molecular complexity index is 700. The Hall–Kier alpha value is -2.07. The zero-order chi connectivity index (χ0) is 17.5. The molecule has 0 saturated carbocycles. The van der Waals surface area contributed by atoms with E-state index in [1.54, 1.807) is 0 Å². The summed E-state index contributed by atoms with van der Waals surface area (Å²) >= 11 is 5.49. The number of hydrogen-bond acceptors (Lipinski definition) is 2. The molecule has 128 valence electrons. The van der Waals surface area contributed by atoms with Crippen molar-refractivity contribution in [3.8, 4) is 5.75 Å². The van der Waals surface area contributed by atoms with Gasteiger partial charge in [-0.2, -0.15) is 0 Å². The topological polar surface area (TPSA) is 33.3 Å². The summed E-state index contributed by atoms with van der Waals surface area (Å²) in [6.45, 7) is 9.05. The van der Waals surface area contributed by atoms with Gasteiger partial charge in [-0.1, -0.05) is 36.8 Å². The molecule has 24 heavy (non-hydrogen) atoms. The number of thiocarbonyl (C=S) groups is 1. The molecule has 3 nitrogen and oxygen atoms in total. The maximum atomic E-state index is 5.52. The second-order valence-electron chi connectivity index (χ2n) is 5.88. The van der Waals surface area contributed by atoms with Crippen molar-refractivity contribution in [2.45, 2.75) is 40.2 Å². The zero-order valence-corrected chi connectivity index (χ0v) is 15.7. The van der Waals surface area contributed by atoms with Gasteiger partial charge in [0.05, 0.1) is 12.6 Å². The molecule has 4 heteroatoms. The molecule has 0 amide bonds. The van der Waals surface area contributed by atoms with Gasteiger partial charge in [-0.15, -0.1) is 0 Å². The van der Waals surface area contributed by atoms with Crippen LogP contribution in [0.3, 0.4) is 0 Å². The van der Waals surface area contributed by atoms with Gasteiger partial charge in [0, 0.05) is 11.8 Å². The summed E-state index contributed by atoms with van der Waals surface area (Å²) in [5, 5.41) is 7.29. The fourth-order valence-corrected chi connectivity index (χ4v) is 3.03. The van der Waals surface area contributed by atoms with E-state index in [4.69, 9.17) is 17.0 Å². The Morgan fingerprint density at radius 2 is 1.92 bits per heavy atom. The molecule has 0 aliphatic carbocycles. The van der Waals surface area contributed by atoms with Crippen LogP contribution in [0, 0.1) is 13.8 Å². The number of hydrogen-bond donors (Lipinski definition) is 2. The molecule has 2 aromatic carbocycles. The Morgan fingerprint density at radius 3 is 2.58 bits per heavy atom. The van der Waals surface area contributed by atoms with Gasteiger partial charge in [0.2, 0.25) is 0 Å². The molecule has 0 radical (unpaired) electrons. The van der Waals surface area contributed by atoms with Crippen LogP contribution in [0.25, 0.3) is 0 Å². The van der Waals surface area contributed by atoms with Crippen LogP contribution in [0.5, 0.6) is 5.75 Å². The zero-order valence-electron chi connectivity index (χ0n) is 14.8. The molecule has 1 atom stereocenters. The van der Waals surface area contributed by atoms with E-state index >= 15 is 0 Å². The van der Waals surface area contributed by atoms with Gasteiger partial charge in [0.1, 0.15) is 5.75 Å². The van der Waals surface area contributed by atoms with Crippen LogP contribution >= 0.6 is 12.2 Å². The SMILES string of the molecule is CCOc1cccc(NC(=S)NC(CC)c2ccc(C)cc2C)c1. The highest BCUT2D eigenvalue weighted by Gasteiger charge is 2.13. The molecule has 0 aliphatic rings. The van der Waals surface area contributed by atoms with Crippen molar-refractivity contribution in [2.75, 3.05) is 11.9 Å². The molecule has 1 unspecified atom stereocenters. The fraction of sp³-hybridized carbons (Fsp3) is 0.350. The van der Waals surface area contributed by atoms with Gasteiger partial charge in [0.25, 0.3) is 0 Å². The minimum atomic E-state index is 0.195. The van der Waals surface area contributed by atoms with Crippen molar-refractivity contribution in [1.82, 2.24) is 5.32 Å². The predicted molar refractivity (Wildman–Crippen MR) is 106 cm³/mol. The van der Waals surface area contributed by atoms with Crippen molar-refractivity contribution < 1.29 is 4.74 Å². The maximum Gasteiger partial charge on any atom is 0.171 e. The van der Waals surface area contributed by atoms with Crippen LogP contribution in [0.4, 0.5) is 5.69 Å². The highest BCUT2D eigenvalue weighted by atomic mass is 32.1. The highest BCUT2D eigenvalue weighted by Crippen LogP contribution is 2.22. The van der Waals surface area contributed by atoms with E-state index in [1.165, 1.54) is 16.7 Å². The van der Waals surface area contributed by atoms with Crippen LogP contribution < -0.4 is 15.4 Å². The van der Waals surface area contributed by atoms with Crippen LogP contribution in [0.1, 0.15) is 43.0 Å². The first-order chi connectivity index (χ1) is 11.5. The second-order valence-corrected chi connectivity index (χ2v) is 6.29. The molecular weight excluding hydrogens is 316 g/mol. The lowest BCUT2D eigenvalue weighted by molar-refractivity contribution is 0.340. The highest BCUT2D eigenvalue weighted by molar-refractivity contribution is 7.80. The quantitative estimate of drug-likeness (QED) is 0.712. The number of rotatable bonds is 6. The van der Waals surface area contributed by atoms with E-state index < -0.39 is 0 Å². The van der Waals surface area contributed by atoms with E-state index in [1.807, 2.05) is 31.2 Å². The summed E-state index contributed by atoms with van der Waals surface area (Å²) < 4.78 is 5.52. The summed E-state index contributed by atoms with van der Waals surface area (Å²) in [7, 11) is 0. The predicted octanol–water partition coefficient (Wildman–Crippen LogP) is 5.14. The van der Waals surface area contributed by atoms with Gasteiger partial charge in [-0.05, 0) is 62.7 Å². The van der Waals surface area contributed by atoms with E-state index in [9.17, 15) is 0 Å². The van der Waals surface area contributed by atoms with Gasteiger partial charge in [-0.25, -0.2) is 0 Å². The molecule has 0 aromatic heterocycles. The molecule has 0 saturated heterocycles. The van der Waals surface area contributed by atoms with Crippen molar-refractivity contribution in [3.63, 3.8) is 0 Å². The van der Waals surface area contributed by atoms with Crippen molar-refractivity contribution in [1.29, 1.82) is 0 Å². The molecule has 0 fully saturated rings. The summed E-state index contributed by atoms with van der Waals surface area (Å²) in [5.74, 6) is 0.840. The van der Waals surface area contributed by atoms with Crippen LogP contribution in [-0.2, 0) is 0 Å². The Labute approximate surface area is 150 Å². The summed E-state index contributed by atoms with van der Waals surface area (Å²) in [4.78, 5) is 0. The fourth-order valence-electron chi connectivity index (χ4n) is 2.77. The van der Waals surface area contributed by atoms with Gasteiger partial charge < -0.3 is 15.4 Å². The summed E-state index contributed by atoms with van der Waals surface area (Å²) in [6, 6.07) is 14.6. The number of aryl methyl sites for hydroxylation is 2. The van der Waals surface area contributed by atoms with Crippen molar-refractivity contribution >= 4 is 23.0 Å². The van der Waals surface area contributed by atoms with E-state index in [2.05, 4.69) is 49.6 Å². The largest absolute Gasteiger partial charge is 0.494 e. The minimum Gasteiger partial charge on any atom is -0.494 e. The number of ether oxygens (including phenoxy) is 1. The minimum absolute atomic E-state index is 0.195. The Balaban J connectivity index is 2.05. The van der Waals surface area contributed by atoms with E-state index in [-0.39, 0.29) is 6.04 Å². The first-order valence-corrected chi connectivity index (χ1v) is 8.81. The van der Waals surface area contributed by atoms with E-state index in [0.29, 0.717) is 11.7 Å². The monoisotopic (exact) mass is 342 g/mol. The maximum absolute atomic E-state index is 5.52. The van der Waals surface area contributed by atoms with Crippen LogP contribution in [0.15, 0.2) is 42.5 Å². The summed E-state index contributed by atoms with van der Waals surface area (Å²) in [6.07, 6.45) is 0.963. The molecule has 2 aromatic rings. The Morgan fingerprint density at radius 1 is 1.12 bits per heavy atom. The average molecular weight is 343 g/mol. The molecule has 2 rings (SSSR count). The normalized spacial score (nSPS) is 11.7. The van der Waals surface area contributed by atoms with E-state index in [0.717, 1.165) is 17.9 Å². The van der Waals surface area contributed by atoms with Crippen molar-refractivity contribution in [2.24, 2.45) is 0 Å². The smallest absolute Gasteiger partial charge is 0.171 e. The molecule has 0 heterocycles. The van der Waals surface area contributed by atoms with Crippen LogP contribution in [0.2, 0.25) is 0 Å². The Kier molecular flexibility index (Phi) is 6.62. The third kappa shape index (κ3) is 4.96. The molecule has 0 aliphatic heterocycles. The number of anilines is 1. The third-order valence-corrected chi connectivity index (χ3v) is 4.14. The van der Waals surface area contributed by atoms with Gasteiger partial charge in [0.15, 0.2) is 5.11 Å². The standard InChI is InChI=1S/C20H26N2OS/c1-5-19(18-11-10-14(3)12-15(18)4)22-20(24)21-16-8-7-9-17(13-16)23-6-2/h7-13,19H,5-6H2,1-4H3,(H2,21,22,24). The molecule has 0 bridgehead atoms. The average Bonchev–Trinajstić information content (AvgIpc) is 2.54. The van der Waals surface area contributed by atoms with Crippen LogP contribution in [-0.4, -0.2) is 11.7 Å². The van der Waals surface area contributed by atoms with Gasteiger partial charge in [-0.3, -0.25) is 0 Å². The third-order valence-electron chi connectivity index (χ3n) is 3.92. The first kappa shape index (κ1) is 18.3. The lowest BCUT2D eigenvalue weighted by atomic mass is 9.98. The lowest BCUT2D eigenvalue weighted by Gasteiger charge is -2.22. The van der Waals surface area contributed by atoms with Crippen molar-refractivity contribution in [3.05, 3.63) is 59.2 Å². The first-order valence-electron chi connectivity index (χ1n) is 8.41. The molecular formula is C20H26N2OS. The van der Waals surface area contributed by atoms with Gasteiger partial charge >= 0.3 is 0 Å². The lowest BCUT2D eigenvalue weighted by Crippen LogP contribution is -2.32. The molecule has 2 N–H and O–H groups in total. The molecule has 0 spiro atoms. The number of benzene rings is 2.